The van der Waals surface area contributed by atoms with Gasteiger partial charge in [-0.3, -0.25) is 0 Å². The number of aryl methyl sites for hydroxylation is 2. The summed E-state index contributed by atoms with van der Waals surface area (Å²) in [5, 5.41) is 10.3. The highest BCUT2D eigenvalue weighted by Crippen LogP contribution is 2.31. The average Bonchev–Trinajstić information content (AvgIpc) is 2.73. The molecule has 1 aromatic carbocycles. The molecule has 1 aliphatic carbocycles. The molecule has 16 heavy (non-hydrogen) atoms. The average molecular weight is 218 g/mol. The molecule has 0 heterocycles. The van der Waals surface area contributed by atoms with Crippen LogP contribution in [-0.4, -0.2) is 5.11 Å². The van der Waals surface area contributed by atoms with Crippen LogP contribution in [0.1, 0.15) is 50.0 Å². The van der Waals surface area contributed by atoms with Gasteiger partial charge < -0.3 is 5.11 Å². The first-order chi connectivity index (χ1) is 7.59. The summed E-state index contributed by atoms with van der Waals surface area (Å²) in [6, 6.07) is 6.52. The molecule has 0 saturated heterocycles. The van der Waals surface area contributed by atoms with Gasteiger partial charge in [-0.2, -0.15) is 0 Å². The Bertz CT molecular complexity index is 368. The van der Waals surface area contributed by atoms with Gasteiger partial charge in [-0.05, 0) is 47.8 Å². The maximum Gasteiger partial charge on any atom is 0.0818 e. The molecule has 1 heteroatoms. The number of rotatable bonds is 3. The minimum atomic E-state index is -0.314. The minimum absolute atomic E-state index is 0.314. The zero-order chi connectivity index (χ0) is 11.7. The van der Waals surface area contributed by atoms with Gasteiger partial charge in [0.05, 0.1) is 6.10 Å². The smallest absolute Gasteiger partial charge is 0.0818 e. The Balaban J connectivity index is 2.21. The lowest BCUT2D eigenvalue weighted by molar-refractivity contribution is 0.0920. The highest BCUT2D eigenvalue weighted by molar-refractivity contribution is 5.36. The molecule has 0 aliphatic heterocycles. The molecule has 0 aromatic heterocycles. The summed E-state index contributed by atoms with van der Waals surface area (Å²) in [7, 11) is 0. The van der Waals surface area contributed by atoms with Gasteiger partial charge >= 0.3 is 0 Å². The van der Waals surface area contributed by atoms with E-state index in [4.69, 9.17) is 0 Å². The van der Waals surface area contributed by atoms with Crippen LogP contribution in [0, 0.1) is 11.8 Å². The van der Waals surface area contributed by atoms with E-state index in [2.05, 4.69) is 39.0 Å². The molecule has 0 radical (unpaired) electrons. The number of hydrogen-bond acceptors (Lipinski definition) is 1. The minimum Gasteiger partial charge on any atom is -0.388 e. The van der Waals surface area contributed by atoms with Crippen molar-refractivity contribution in [3.8, 4) is 0 Å². The largest absolute Gasteiger partial charge is 0.388 e. The second-order valence-electron chi connectivity index (χ2n) is 5.43. The van der Waals surface area contributed by atoms with Crippen LogP contribution in [0.2, 0.25) is 0 Å². The second kappa shape index (κ2) is 4.58. The molecular weight excluding hydrogens is 196 g/mol. The highest BCUT2D eigenvalue weighted by Gasteiger charge is 2.21. The van der Waals surface area contributed by atoms with Gasteiger partial charge in [0.15, 0.2) is 0 Å². The monoisotopic (exact) mass is 218 g/mol. The third kappa shape index (κ3) is 2.15. The molecule has 0 fully saturated rings. The van der Waals surface area contributed by atoms with E-state index >= 15 is 0 Å². The lowest BCUT2D eigenvalue weighted by Crippen LogP contribution is -2.15. The third-order valence-corrected chi connectivity index (χ3v) is 4.01. The van der Waals surface area contributed by atoms with E-state index in [0.717, 1.165) is 5.56 Å². The van der Waals surface area contributed by atoms with Crippen LogP contribution in [-0.2, 0) is 12.8 Å². The van der Waals surface area contributed by atoms with Crippen LogP contribution in [0.3, 0.4) is 0 Å². The molecule has 1 N–H and O–H groups in total. The summed E-state index contributed by atoms with van der Waals surface area (Å²) in [4.78, 5) is 0. The predicted octanol–water partition coefficient (Wildman–Crippen LogP) is 3.50. The maximum atomic E-state index is 10.3. The zero-order valence-electron chi connectivity index (χ0n) is 10.5. The van der Waals surface area contributed by atoms with Gasteiger partial charge in [-0.25, -0.2) is 0 Å². The van der Waals surface area contributed by atoms with Gasteiger partial charge in [0.25, 0.3) is 0 Å². The van der Waals surface area contributed by atoms with Crippen LogP contribution >= 0.6 is 0 Å². The zero-order valence-corrected chi connectivity index (χ0v) is 10.5. The lowest BCUT2D eigenvalue weighted by atomic mass is 9.87. The molecule has 1 nitrogen and oxygen atoms in total. The van der Waals surface area contributed by atoms with Crippen molar-refractivity contribution in [1.29, 1.82) is 0 Å². The van der Waals surface area contributed by atoms with Gasteiger partial charge in [0, 0.05) is 0 Å². The van der Waals surface area contributed by atoms with Crippen molar-refractivity contribution >= 4 is 0 Å². The fourth-order valence-electron chi connectivity index (χ4n) is 2.44. The molecule has 2 unspecified atom stereocenters. The van der Waals surface area contributed by atoms with Crippen LogP contribution in [0.15, 0.2) is 18.2 Å². The molecule has 2 atom stereocenters. The molecule has 0 saturated carbocycles. The molecule has 1 aromatic rings. The third-order valence-electron chi connectivity index (χ3n) is 4.01. The van der Waals surface area contributed by atoms with E-state index in [9.17, 15) is 5.11 Å². The van der Waals surface area contributed by atoms with E-state index in [0.29, 0.717) is 11.8 Å². The second-order valence-corrected chi connectivity index (χ2v) is 5.43. The summed E-state index contributed by atoms with van der Waals surface area (Å²) < 4.78 is 0. The maximum absolute atomic E-state index is 10.3. The van der Waals surface area contributed by atoms with Crippen molar-refractivity contribution in [2.75, 3.05) is 0 Å². The highest BCUT2D eigenvalue weighted by atomic mass is 16.3. The van der Waals surface area contributed by atoms with E-state index < -0.39 is 0 Å². The van der Waals surface area contributed by atoms with Crippen LogP contribution in [0.4, 0.5) is 0 Å². The van der Waals surface area contributed by atoms with E-state index in [-0.39, 0.29) is 6.10 Å². The normalized spacial score (nSPS) is 18.6. The van der Waals surface area contributed by atoms with Gasteiger partial charge in [0.2, 0.25) is 0 Å². The number of fused-ring (bicyclic) bond motifs is 1. The molecule has 0 bridgehead atoms. The molecule has 0 amide bonds. The van der Waals surface area contributed by atoms with Crippen molar-refractivity contribution in [3.63, 3.8) is 0 Å². The van der Waals surface area contributed by atoms with Crippen molar-refractivity contribution in [1.82, 2.24) is 0 Å². The van der Waals surface area contributed by atoms with Crippen molar-refractivity contribution < 1.29 is 5.11 Å². The van der Waals surface area contributed by atoms with Crippen LogP contribution < -0.4 is 0 Å². The first-order valence-corrected chi connectivity index (χ1v) is 6.39. The molecule has 2 rings (SSSR count). The summed E-state index contributed by atoms with van der Waals surface area (Å²) in [5.74, 6) is 0.836. The van der Waals surface area contributed by atoms with Gasteiger partial charge in [-0.15, -0.1) is 0 Å². The van der Waals surface area contributed by atoms with E-state index in [1.54, 1.807) is 0 Å². The van der Waals surface area contributed by atoms with E-state index in [1.165, 1.54) is 30.4 Å². The quantitative estimate of drug-likeness (QED) is 0.823. The van der Waals surface area contributed by atoms with Crippen molar-refractivity contribution in [3.05, 3.63) is 34.9 Å². The Morgan fingerprint density at radius 3 is 2.44 bits per heavy atom. The fourth-order valence-corrected chi connectivity index (χ4v) is 2.44. The number of benzene rings is 1. The molecular formula is C15H22O. The summed E-state index contributed by atoms with van der Waals surface area (Å²) in [6.45, 7) is 6.46. The number of aliphatic hydroxyl groups excluding tert-OH is 1. The Morgan fingerprint density at radius 2 is 1.75 bits per heavy atom. The van der Waals surface area contributed by atoms with Crippen LogP contribution in [0.25, 0.3) is 0 Å². The first kappa shape index (κ1) is 11.7. The fraction of sp³-hybridized carbons (Fsp3) is 0.600. The Labute approximate surface area is 98.5 Å². The summed E-state index contributed by atoms with van der Waals surface area (Å²) in [6.07, 6.45) is 3.36. The lowest BCUT2D eigenvalue weighted by Gasteiger charge is -2.23. The topological polar surface area (TPSA) is 20.2 Å². The van der Waals surface area contributed by atoms with Gasteiger partial charge in [0.1, 0.15) is 0 Å². The Hall–Kier alpha value is -0.820. The van der Waals surface area contributed by atoms with Gasteiger partial charge in [-0.1, -0.05) is 39.0 Å². The number of aliphatic hydroxyl groups is 1. The van der Waals surface area contributed by atoms with Crippen molar-refractivity contribution in [2.45, 2.75) is 46.1 Å². The van der Waals surface area contributed by atoms with E-state index in [1.807, 2.05) is 0 Å². The predicted molar refractivity (Wildman–Crippen MR) is 67.4 cm³/mol. The SMILES string of the molecule is CC(C)C(C)C(O)c1ccc2c(c1)CCC2. The Kier molecular flexibility index (Phi) is 3.34. The van der Waals surface area contributed by atoms with Crippen molar-refractivity contribution in [2.24, 2.45) is 11.8 Å². The molecule has 0 spiro atoms. The summed E-state index contributed by atoms with van der Waals surface area (Å²) >= 11 is 0. The molecule has 88 valence electrons. The first-order valence-electron chi connectivity index (χ1n) is 6.39. The van der Waals surface area contributed by atoms with Crippen LogP contribution in [0.5, 0.6) is 0 Å². The standard InChI is InChI=1S/C15H22O/c1-10(2)11(3)15(16)14-8-7-12-5-4-6-13(12)9-14/h7-11,15-16H,4-6H2,1-3H3. The molecule has 1 aliphatic rings. The summed E-state index contributed by atoms with van der Waals surface area (Å²) in [5.41, 5.74) is 4.03. The Morgan fingerprint density at radius 1 is 1.06 bits per heavy atom. The number of hydrogen-bond donors (Lipinski definition) is 1.